The predicted octanol–water partition coefficient (Wildman–Crippen LogP) is 1.76. The molecule has 1 aromatic rings. The lowest BCUT2D eigenvalue weighted by molar-refractivity contribution is -0.139. The standard InChI is InChI=1S/C18H25FN2O3/c1-13(10-15-4-3-5-16(19)12-15)11-17(22)20-14(2)18(23)21-6-8-24-9-7-21/h3-5,12-14H,6-11H2,1-2H3,(H,20,22)/t13-,14-/m1/s1. The minimum atomic E-state index is -0.544. The van der Waals surface area contributed by atoms with Gasteiger partial charge in [-0.25, -0.2) is 4.39 Å². The summed E-state index contributed by atoms with van der Waals surface area (Å²) in [6, 6.07) is 5.86. The first-order valence-corrected chi connectivity index (χ1v) is 8.36. The number of carbonyl (C=O) groups is 2. The molecule has 1 N–H and O–H groups in total. The molecule has 5 nitrogen and oxygen atoms in total. The number of morpholine rings is 1. The Labute approximate surface area is 142 Å². The molecule has 2 rings (SSSR count). The number of hydrogen-bond acceptors (Lipinski definition) is 3. The highest BCUT2D eigenvalue weighted by molar-refractivity contribution is 5.87. The Morgan fingerprint density at radius 3 is 2.67 bits per heavy atom. The summed E-state index contributed by atoms with van der Waals surface area (Å²) in [6.45, 7) is 5.85. The number of ether oxygens (including phenoxy) is 1. The van der Waals surface area contributed by atoms with Crippen molar-refractivity contribution in [1.29, 1.82) is 0 Å². The maximum absolute atomic E-state index is 13.2. The summed E-state index contributed by atoms with van der Waals surface area (Å²) in [5, 5.41) is 2.76. The van der Waals surface area contributed by atoms with Crippen molar-refractivity contribution >= 4 is 11.8 Å². The van der Waals surface area contributed by atoms with Crippen molar-refractivity contribution in [2.75, 3.05) is 26.3 Å². The molecule has 0 bridgehead atoms. The van der Waals surface area contributed by atoms with Crippen molar-refractivity contribution in [2.24, 2.45) is 5.92 Å². The van der Waals surface area contributed by atoms with Crippen LogP contribution in [0.5, 0.6) is 0 Å². The molecule has 1 aliphatic heterocycles. The molecule has 24 heavy (non-hydrogen) atoms. The van der Waals surface area contributed by atoms with E-state index in [1.165, 1.54) is 12.1 Å². The lowest BCUT2D eigenvalue weighted by atomic mass is 9.97. The van der Waals surface area contributed by atoms with Crippen molar-refractivity contribution in [3.63, 3.8) is 0 Å². The maximum Gasteiger partial charge on any atom is 0.245 e. The summed E-state index contributed by atoms with van der Waals surface area (Å²) in [5.41, 5.74) is 0.868. The smallest absolute Gasteiger partial charge is 0.245 e. The molecular formula is C18H25FN2O3. The SMILES string of the molecule is C[C@@H](CC(=O)N[C@H](C)C(=O)N1CCOCC1)Cc1cccc(F)c1. The molecule has 2 atom stereocenters. The van der Waals surface area contributed by atoms with Gasteiger partial charge in [-0.1, -0.05) is 19.1 Å². The zero-order valence-corrected chi connectivity index (χ0v) is 14.3. The Hall–Kier alpha value is -1.95. The lowest BCUT2D eigenvalue weighted by Crippen LogP contribution is -2.50. The summed E-state index contributed by atoms with van der Waals surface area (Å²) in [5.74, 6) is -0.441. The highest BCUT2D eigenvalue weighted by Crippen LogP contribution is 2.13. The first-order chi connectivity index (χ1) is 11.5. The number of nitrogens with one attached hydrogen (secondary N) is 1. The average molecular weight is 336 g/mol. The predicted molar refractivity (Wildman–Crippen MR) is 88.9 cm³/mol. The van der Waals surface area contributed by atoms with Crippen LogP contribution in [0, 0.1) is 11.7 Å². The normalized spacial score (nSPS) is 17.2. The van der Waals surface area contributed by atoms with E-state index in [-0.39, 0.29) is 23.5 Å². The molecule has 1 aromatic carbocycles. The fourth-order valence-electron chi connectivity index (χ4n) is 2.87. The van der Waals surface area contributed by atoms with Crippen molar-refractivity contribution in [1.82, 2.24) is 10.2 Å². The van der Waals surface area contributed by atoms with Crippen molar-refractivity contribution < 1.29 is 18.7 Å². The summed E-state index contributed by atoms with van der Waals surface area (Å²) < 4.78 is 18.4. The number of hydrogen-bond donors (Lipinski definition) is 1. The van der Waals surface area contributed by atoms with Crippen LogP contribution in [0.1, 0.15) is 25.8 Å². The second-order valence-electron chi connectivity index (χ2n) is 6.37. The number of amides is 2. The van der Waals surface area contributed by atoms with Gasteiger partial charge in [-0.2, -0.15) is 0 Å². The van der Waals surface area contributed by atoms with Crippen LogP contribution in [-0.4, -0.2) is 49.1 Å². The fraction of sp³-hybridized carbons (Fsp3) is 0.556. The Bertz CT molecular complexity index is 573. The number of carbonyl (C=O) groups excluding carboxylic acids is 2. The monoisotopic (exact) mass is 336 g/mol. The molecule has 2 amide bonds. The minimum Gasteiger partial charge on any atom is -0.378 e. The van der Waals surface area contributed by atoms with E-state index in [0.717, 1.165) is 5.56 Å². The van der Waals surface area contributed by atoms with Gasteiger partial charge >= 0.3 is 0 Å². The van der Waals surface area contributed by atoms with E-state index in [2.05, 4.69) is 5.32 Å². The topological polar surface area (TPSA) is 58.6 Å². The van der Waals surface area contributed by atoms with Gasteiger partial charge in [0.2, 0.25) is 11.8 Å². The van der Waals surface area contributed by atoms with E-state index >= 15 is 0 Å². The quantitative estimate of drug-likeness (QED) is 0.861. The summed E-state index contributed by atoms with van der Waals surface area (Å²) in [4.78, 5) is 26.1. The van der Waals surface area contributed by atoms with Crippen LogP contribution >= 0.6 is 0 Å². The molecule has 1 fully saturated rings. The van der Waals surface area contributed by atoms with Gasteiger partial charge in [0.05, 0.1) is 13.2 Å². The van der Waals surface area contributed by atoms with Gasteiger partial charge in [0.15, 0.2) is 0 Å². The largest absolute Gasteiger partial charge is 0.378 e. The second kappa shape index (κ2) is 8.78. The lowest BCUT2D eigenvalue weighted by Gasteiger charge is -2.29. The average Bonchev–Trinajstić information content (AvgIpc) is 2.54. The van der Waals surface area contributed by atoms with E-state index < -0.39 is 6.04 Å². The molecule has 1 saturated heterocycles. The molecule has 0 aromatic heterocycles. The van der Waals surface area contributed by atoms with Gasteiger partial charge in [-0.05, 0) is 37.0 Å². The van der Waals surface area contributed by atoms with Crippen LogP contribution < -0.4 is 5.32 Å². The molecule has 1 heterocycles. The van der Waals surface area contributed by atoms with Gasteiger partial charge in [-0.3, -0.25) is 9.59 Å². The molecule has 0 aliphatic carbocycles. The second-order valence-corrected chi connectivity index (χ2v) is 6.37. The summed E-state index contributed by atoms with van der Waals surface area (Å²) >= 11 is 0. The van der Waals surface area contributed by atoms with E-state index in [9.17, 15) is 14.0 Å². The molecule has 0 saturated carbocycles. The van der Waals surface area contributed by atoms with E-state index in [1.807, 2.05) is 13.0 Å². The van der Waals surface area contributed by atoms with Gasteiger partial charge in [0.1, 0.15) is 11.9 Å². The van der Waals surface area contributed by atoms with Crippen LogP contribution in [0.4, 0.5) is 4.39 Å². The van der Waals surface area contributed by atoms with Gasteiger partial charge < -0.3 is 15.0 Å². The van der Waals surface area contributed by atoms with E-state index in [0.29, 0.717) is 39.1 Å². The molecule has 0 spiro atoms. The van der Waals surface area contributed by atoms with Crippen LogP contribution in [0.15, 0.2) is 24.3 Å². The number of rotatable bonds is 6. The van der Waals surface area contributed by atoms with E-state index in [4.69, 9.17) is 4.74 Å². The van der Waals surface area contributed by atoms with Crippen molar-refractivity contribution in [3.8, 4) is 0 Å². The third kappa shape index (κ3) is 5.60. The Morgan fingerprint density at radius 2 is 2.00 bits per heavy atom. The van der Waals surface area contributed by atoms with Crippen LogP contribution in [0.2, 0.25) is 0 Å². The Balaban J connectivity index is 1.77. The highest BCUT2D eigenvalue weighted by Gasteiger charge is 2.24. The maximum atomic E-state index is 13.2. The zero-order chi connectivity index (χ0) is 17.5. The van der Waals surface area contributed by atoms with Crippen LogP contribution in [0.3, 0.4) is 0 Å². The third-order valence-electron chi connectivity index (χ3n) is 4.08. The molecule has 132 valence electrons. The summed E-state index contributed by atoms with van der Waals surface area (Å²) in [6.07, 6.45) is 0.925. The minimum absolute atomic E-state index is 0.0671. The molecular weight excluding hydrogens is 311 g/mol. The van der Waals surface area contributed by atoms with Crippen LogP contribution in [-0.2, 0) is 20.7 Å². The number of nitrogens with zero attached hydrogens (tertiary/aromatic N) is 1. The molecule has 0 radical (unpaired) electrons. The van der Waals surface area contributed by atoms with Gasteiger partial charge in [-0.15, -0.1) is 0 Å². The van der Waals surface area contributed by atoms with Crippen molar-refractivity contribution in [2.45, 2.75) is 32.7 Å². The van der Waals surface area contributed by atoms with Crippen LogP contribution in [0.25, 0.3) is 0 Å². The Kier molecular flexibility index (Phi) is 6.73. The zero-order valence-electron chi connectivity index (χ0n) is 14.3. The van der Waals surface area contributed by atoms with Gasteiger partial charge in [0.25, 0.3) is 0 Å². The van der Waals surface area contributed by atoms with Gasteiger partial charge in [0, 0.05) is 19.5 Å². The number of halogens is 1. The first-order valence-electron chi connectivity index (χ1n) is 8.36. The number of benzene rings is 1. The molecule has 6 heteroatoms. The fourth-order valence-corrected chi connectivity index (χ4v) is 2.87. The highest BCUT2D eigenvalue weighted by atomic mass is 19.1. The van der Waals surface area contributed by atoms with E-state index in [1.54, 1.807) is 17.9 Å². The first kappa shape index (κ1) is 18.4. The van der Waals surface area contributed by atoms with Crippen molar-refractivity contribution in [3.05, 3.63) is 35.6 Å². The third-order valence-corrected chi connectivity index (χ3v) is 4.08. The Morgan fingerprint density at radius 1 is 1.29 bits per heavy atom. The summed E-state index contributed by atoms with van der Waals surface area (Å²) in [7, 11) is 0. The molecule has 0 unspecified atom stereocenters. The molecule has 1 aliphatic rings.